The second-order valence-electron chi connectivity index (χ2n) is 4.22. The molecule has 4 heteroatoms. The number of hydrogen-bond donors (Lipinski definition) is 1. The van der Waals surface area contributed by atoms with E-state index in [0.717, 1.165) is 26.7 Å². The van der Waals surface area contributed by atoms with Gasteiger partial charge in [-0.05, 0) is 42.8 Å². The van der Waals surface area contributed by atoms with Crippen LogP contribution in [0, 0.1) is 6.92 Å². The zero-order chi connectivity index (χ0) is 12.7. The smallest absolute Gasteiger partial charge is 0.229 e. The Hall–Kier alpha value is -1.81. The molecule has 2 N–H and O–H groups in total. The Morgan fingerprint density at radius 2 is 2.00 bits per heavy atom. The van der Waals surface area contributed by atoms with Gasteiger partial charge in [-0.1, -0.05) is 22.0 Å². The van der Waals surface area contributed by atoms with Gasteiger partial charge >= 0.3 is 0 Å². The summed E-state index contributed by atoms with van der Waals surface area (Å²) in [4.78, 5) is 4.46. The molecule has 0 aliphatic rings. The summed E-state index contributed by atoms with van der Waals surface area (Å²) in [6.07, 6.45) is 0. The van der Waals surface area contributed by atoms with Crippen molar-refractivity contribution >= 4 is 32.7 Å². The number of nitrogens with zero attached hydrogens (tertiary/aromatic N) is 1. The molecule has 0 fully saturated rings. The lowest BCUT2D eigenvalue weighted by Gasteiger charge is -2.01. The summed E-state index contributed by atoms with van der Waals surface area (Å²) in [6, 6.07) is 11.6. The van der Waals surface area contributed by atoms with Crippen molar-refractivity contribution in [3.63, 3.8) is 0 Å². The van der Waals surface area contributed by atoms with Gasteiger partial charge in [-0.3, -0.25) is 0 Å². The molecule has 0 saturated carbocycles. The molecule has 0 aliphatic carbocycles. The van der Waals surface area contributed by atoms with E-state index in [1.54, 1.807) is 0 Å². The fourth-order valence-electron chi connectivity index (χ4n) is 1.86. The molecule has 0 bridgehead atoms. The van der Waals surface area contributed by atoms with E-state index in [1.807, 2.05) is 43.3 Å². The van der Waals surface area contributed by atoms with E-state index in [1.165, 1.54) is 0 Å². The average Bonchev–Trinajstić information content (AvgIpc) is 2.74. The van der Waals surface area contributed by atoms with Gasteiger partial charge < -0.3 is 10.2 Å². The van der Waals surface area contributed by atoms with Crippen molar-refractivity contribution in [3.05, 3.63) is 46.4 Å². The van der Waals surface area contributed by atoms with Crippen LogP contribution in [-0.4, -0.2) is 4.98 Å². The predicted molar refractivity (Wildman–Crippen MR) is 76.3 cm³/mol. The van der Waals surface area contributed by atoms with Crippen LogP contribution in [0.5, 0.6) is 0 Å². The van der Waals surface area contributed by atoms with Crippen LogP contribution in [-0.2, 0) is 0 Å². The number of hydrogen-bond acceptors (Lipinski definition) is 3. The standard InChI is InChI=1S/C14H11BrN2O/c1-8-2-5-12-13(6-8)18-14(17-12)10-7-9(15)3-4-11(10)16/h2-7H,16H2,1H3. The molecule has 0 unspecified atom stereocenters. The topological polar surface area (TPSA) is 52.0 Å². The molecule has 0 atom stereocenters. The molecule has 18 heavy (non-hydrogen) atoms. The van der Waals surface area contributed by atoms with Crippen molar-refractivity contribution < 1.29 is 4.42 Å². The molecule has 0 aliphatic heterocycles. The van der Waals surface area contributed by atoms with Crippen LogP contribution in [0.4, 0.5) is 5.69 Å². The maximum atomic E-state index is 5.95. The Labute approximate surface area is 113 Å². The Kier molecular flexibility index (Phi) is 2.59. The normalized spacial score (nSPS) is 11.0. The summed E-state index contributed by atoms with van der Waals surface area (Å²) in [5.74, 6) is 0.550. The lowest BCUT2D eigenvalue weighted by Crippen LogP contribution is -1.89. The third kappa shape index (κ3) is 1.88. The van der Waals surface area contributed by atoms with Gasteiger partial charge in [-0.2, -0.15) is 0 Å². The molecule has 90 valence electrons. The molecule has 0 amide bonds. The van der Waals surface area contributed by atoms with E-state index < -0.39 is 0 Å². The number of anilines is 1. The number of nitrogens with two attached hydrogens (primary N) is 1. The highest BCUT2D eigenvalue weighted by molar-refractivity contribution is 9.10. The van der Waals surface area contributed by atoms with E-state index in [9.17, 15) is 0 Å². The van der Waals surface area contributed by atoms with E-state index in [0.29, 0.717) is 11.6 Å². The largest absolute Gasteiger partial charge is 0.436 e. The number of benzene rings is 2. The van der Waals surface area contributed by atoms with E-state index in [4.69, 9.17) is 10.2 Å². The van der Waals surface area contributed by atoms with Gasteiger partial charge in [-0.25, -0.2) is 4.98 Å². The van der Waals surface area contributed by atoms with Crippen LogP contribution in [0.25, 0.3) is 22.6 Å². The molecule has 0 spiro atoms. The summed E-state index contributed by atoms with van der Waals surface area (Å²) in [7, 11) is 0. The van der Waals surface area contributed by atoms with Crippen LogP contribution < -0.4 is 5.73 Å². The van der Waals surface area contributed by atoms with Gasteiger partial charge in [0.2, 0.25) is 5.89 Å². The first-order valence-corrected chi connectivity index (χ1v) is 6.35. The number of aromatic nitrogens is 1. The van der Waals surface area contributed by atoms with Crippen molar-refractivity contribution in [1.29, 1.82) is 0 Å². The lowest BCUT2D eigenvalue weighted by atomic mass is 10.2. The minimum atomic E-state index is 0.550. The first-order valence-electron chi connectivity index (χ1n) is 5.56. The summed E-state index contributed by atoms with van der Waals surface area (Å²) in [5.41, 5.74) is 10.2. The first-order chi connectivity index (χ1) is 8.63. The second kappa shape index (κ2) is 4.14. The van der Waals surface area contributed by atoms with Gasteiger partial charge in [0.1, 0.15) is 5.52 Å². The van der Waals surface area contributed by atoms with Crippen LogP contribution in [0.1, 0.15) is 5.56 Å². The Morgan fingerprint density at radius 3 is 2.83 bits per heavy atom. The quantitative estimate of drug-likeness (QED) is 0.687. The molecule has 3 rings (SSSR count). The second-order valence-corrected chi connectivity index (χ2v) is 5.14. The molecule has 2 aromatic carbocycles. The predicted octanol–water partition coefficient (Wildman–Crippen LogP) is 4.15. The molecule has 1 aromatic heterocycles. The Morgan fingerprint density at radius 1 is 1.17 bits per heavy atom. The number of fused-ring (bicyclic) bond motifs is 1. The van der Waals surface area contributed by atoms with Crippen LogP contribution in [0.15, 0.2) is 45.3 Å². The fraction of sp³-hybridized carbons (Fsp3) is 0.0714. The zero-order valence-electron chi connectivity index (χ0n) is 9.77. The molecular weight excluding hydrogens is 292 g/mol. The monoisotopic (exact) mass is 302 g/mol. The number of nitrogen functional groups attached to an aromatic ring is 1. The minimum Gasteiger partial charge on any atom is -0.436 e. The average molecular weight is 303 g/mol. The van der Waals surface area contributed by atoms with Gasteiger partial charge in [0.15, 0.2) is 5.58 Å². The van der Waals surface area contributed by atoms with Crippen LogP contribution in [0.3, 0.4) is 0 Å². The zero-order valence-corrected chi connectivity index (χ0v) is 11.4. The highest BCUT2D eigenvalue weighted by Gasteiger charge is 2.11. The van der Waals surface area contributed by atoms with E-state index >= 15 is 0 Å². The lowest BCUT2D eigenvalue weighted by molar-refractivity contribution is 0.620. The molecule has 0 radical (unpaired) electrons. The Balaban J connectivity index is 2.22. The highest BCUT2D eigenvalue weighted by atomic mass is 79.9. The minimum absolute atomic E-state index is 0.550. The maximum absolute atomic E-state index is 5.95. The highest BCUT2D eigenvalue weighted by Crippen LogP contribution is 2.31. The third-order valence-electron chi connectivity index (χ3n) is 2.79. The summed E-state index contributed by atoms with van der Waals surface area (Å²) >= 11 is 3.42. The molecular formula is C14H11BrN2O. The summed E-state index contributed by atoms with van der Waals surface area (Å²) in [6.45, 7) is 2.02. The van der Waals surface area contributed by atoms with Gasteiger partial charge in [0.05, 0.1) is 5.56 Å². The molecule has 0 saturated heterocycles. The van der Waals surface area contributed by atoms with Crippen molar-refractivity contribution in [2.75, 3.05) is 5.73 Å². The van der Waals surface area contributed by atoms with Gasteiger partial charge in [-0.15, -0.1) is 0 Å². The number of aryl methyl sites for hydroxylation is 1. The summed E-state index contributed by atoms with van der Waals surface area (Å²) < 4.78 is 6.71. The third-order valence-corrected chi connectivity index (χ3v) is 3.28. The van der Waals surface area contributed by atoms with E-state index in [2.05, 4.69) is 20.9 Å². The molecule has 1 heterocycles. The number of oxazole rings is 1. The number of rotatable bonds is 1. The van der Waals surface area contributed by atoms with E-state index in [-0.39, 0.29) is 0 Å². The summed E-state index contributed by atoms with van der Waals surface area (Å²) in [5, 5.41) is 0. The van der Waals surface area contributed by atoms with Gasteiger partial charge in [0, 0.05) is 10.2 Å². The molecule has 3 nitrogen and oxygen atoms in total. The van der Waals surface area contributed by atoms with Crippen LogP contribution in [0.2, 0.25) is 0 Å². The van der Waals surface area contributed by atoms with Gasteiger partial charge in [0.25, 0.3) is 0 Å². The Bertz CT molecular complexity index is 734. The molecule has 3 aromatic rings. The van der Waals surface area contributed by atoms with Crippen LogP contribution >= 0.6 is 15.9 Å². The number of halogens is 1. The maximum Gasteiger partial charge on any atom is 0.229 e. The van der Waals surface area contributed by atoms with Crippen molar-refractivity contribution in [3.8, 4) is 11.5 Å². The SMILES string of the molecule is Cc1ccc2nc(-c3cc(Br)ccc3N)oc2c1. The van der Waals surface area contributed by atoms with Crippen molar-refractivity contribution in [1.82, 2.24) is 4.98 Å². The first kappa shape index (κ1) is 11.3. The van der Waals surface area contributed by atoms with Crippen molar-refractivity contribution in [2.24, 2.45) is 0 Å². The van der Waals surface area contributed by atoms with Crippen molar-refractivity contribution in [2.45, 2.75) is 6.92 Å². The fourth-order valence-corrected chi connectivity index (χ4v) is 2.22.